The number of fused-ring (bicyclic) bond motifs is 2. The van der Waals surface area contributed by atoms with Gasteiger partial charge in [-0.3, -0.25) is 4.79 Å². The maximum atomic E-state index is 12.0. The number of aromatic nitrogens is 3. The minimum Gasteiger partial charge on any atom is -0.378 e. The number of carbonyl (C=O) groups is 1. The summed E-state index contributed by atoms with van der Waals surface area (Å²) in [4.78, 5) is 28.2. The summed E-state index contributed by atoms with van der Waals surface area (Å²) in [6.45, 7) is 5.82. The number of nitrogens with zero attached hydrogens (tertiary/aromatic N) is 4. The normalized spacial score (nSPS) is 22.4. The van der Waals surface area contributed by atoms with Gasteiger partial charge in [-0.15, -0.1) is 0 Å². The molecule has 1 amide bonds. The summed E-state index contributed by atoms with van der Waals surface area (Å²) in [5.41, 5.74) is 0.645. The van der Waals surface area contributed by atoms with Gasteiger partial charge in [0.2, 0.25) is 17.8 Å². The molecule has 2 bridgehead atoms. The Kier molecular flexibility index (Phi) is 9.57. The van der Waals surface area contributed by atoms with E-state index in [9.17, 15) is 4.79 Å². The second-order valence-electron chi connectivity index (χ2n) is 10.1. The van der Waals surface area contributed by atoms with Gasteiger partial charge in [-0.25, -0.2) is 0 Å². The first-order chi connectivity index (χ1) is 18.7. The largest absolute Gasteiger partial charge is 0.378 e. The van der Waals surface area contributed by atoms with Gasteiger partial charge in [0.25, 0.3) is 5.91 Å². The van der Waals surface area contributed by atoms with Crippen LogP contribution in [0.4, 0.5) is 17.8 Å². The lowest BCUT2D eigenvalue weighted by atomic mass is 9.95. The quantitative estimate of drug-likeness (QED) is 0.316. The minimum absolute atomic E-state index is 0.0968. The van der Waals surface area contributed by atoms with Crippen LogP contribution in [-0.4, -0.2) is 92.7 Å². The van der Waals surface area contributed by atoms with Crippen molar-refractivity contribution in [2.24, 2.45) is 11.8 Å². The zero-order valence-electron chi connectivity index (χ0n) is 21.9. The van der Waals surface area contributed by atoms with E-state index in [1.165, 1.54) is 25.7 Å². The Morgan fingerprint density at radius 3 is 2.42 bits per heavy atom. The maximum Gasteiger partial charge on any atom is 0.251 e. The second kappa shape index (κ2) is 13.7. The highest BCUT2D eigenvalue weighted by molar-refractivity contribution is 5.94. The molecule has 1 aromatic carbocycles. The topological polar surface area (TPSA) is 123 Å². The van der Waals surface area contributed by atoms with Crippen molar-refractivity contribution in [1.82, 2.24) is 20.3 Å². The molecule has 2 heterocycles. The second-order valence-corrected chi connectivity index (χ2v) is 10.1. The van der Waals surface area contributed by atoms with Crippen molar-refractivity contribution >= 4 is 23.8 Å². The van der Waals surface area contributed by atoms with Gasteiger partial charge < -0.3 is 35.1 Å². The third kappa shape index (κ3) is 7.52. The van der Waals surface area contributed by atoms with Gasteiger partial charge in [-0.05, 0) is 43.2 Å². The predicted molar refractivity (Wildman–Crippen MR) is 145 cm³/mol. The van der Waals surface area contributed by atoms with E-state index in [0.717, 1.165) is 24.9 Å². The Morgan fingerprint density at radius 2 is 1.68 bits per heavy atom. The van der Waals surface area contributed by atoms with E-state index in [4.69, 9.17) is 19.2 Å². The molecule has 2 aliphatic carbocycles. The smallest absolute Gasteiger partial charge is 0.251 e. The van der Waals surface area contributed by atoms with Crippen LogP contribution < -0.4 is 20.9 Å². The molecule has 3 fully saturated rings. The molecule has 5 rings (SSSR count). The number of hydrogen-bond donors (Lipinski definition) is 3. The number of amides is 1. The highest BCUT2D eigenvalue weighted by Gasteiger charge is 2.39. The molecule has 1 aromatic heterocycles. The van der Waals surface area contributed by atoms with Gasteiger partial charge in [0.15, 0.2) is 0 Å². The molecule has 2 saturated carbocycles. The molecule has 2 aromatic rings. The zero-order valence-corrected chi connectivity index (χ0v) is 21.9. The Hall–Kier alpha value is -3.02. The van der Waals surface area contributed by atoms with Crippen LogP contribution in [0.15, 0.2) is 30.3 Å². The number of hydrogen-bond acceptors (Lipinski definition) is 10. The van der Waals surface area contributed by atoms with Crippen LogP contribution in [-0.2, 0) is 14.2 Å². The lowest BCUT2D eigenvalue weighted by molar-refractivity contribution is 0.0519. The van der Waals surface area contributed by atoms with Crippen molar-refractivity contribution in [2.45, 2.75) is 31.7 Å². The van der Waals surface area contributed by atoms with Crippen molar-refractivity contribution in [3.63, 3.8) is 0 Å². The fourth-order valence-electron chi connectivity index (χ4n) is 5.49. The van der Waals surface area contributed by atoms with E-state index in [1.54, 1.807) is 12.1 Å². The third-order valence-corrected chi connectivity index (χ3v) is 7.44. The summed E-state index contributed by atoms with van der Waals surface area (Å²) in [5, 5.41) is 9.74. The van der Waals surface area contributed by atoms with Gasteiger partial charge in [0, 0.05) is 37.8 Å². The molecule has 1 saturated heterocycles. The van der Waals surface area contributed by atoms with Crippen molar-refractivity contribution in [3.05, 3.63) is 35.9 Å². The highest BCUT2D eigenvalue weighted by atomic mass is 16.5. The van der Waals surface area contributed by atoms with Crippen LogP contribution in [0, 0.1) is 11.8 Å². The SMILES string of the molecule is O=C(NCCOCCOCCNc1nc(NC2CC3CCC2C3)nc(N2CCOCC2)n1)c1ccccc1. The average Bonchev–Trinajstić information content (AvgIpc) is 3.58. The van der Waals surface area contributed by atoms with Crippen LogP contribution in [0.3, 0.4) is 0 Å². The van der Waals surface area contributed by atoms with Crippen LogP contribution in [0.1, 0.15) is 36.0 Å². The van der Waals surface area contributed by atoms with Crippen molar-refractivity contribution in [1.29, 1.82) is 0 Å². The first-order valence-electron chi connectivity index (χ1n) is 13.8. The average molecular weight is 526 g/mol. The third-order valence-electron chi connectivity index (χ3n) is 7.44. The fourth-order valence-corrected chi connectivity index (χ4v) is 5.49. The zero-order chi connectivity index (χ0) is 26.0. The Bertz CT molecular complexity index is 1020. The molecular formula is C27H39N7O4. The highest BCUT2D eigenvalue weighted by Crippen LogP contribution is 2.45. The molecule has 11 heteroatoms. The van der Waals surface area contributed by atoms with Crippen molar-refractivity contribution < 1.29 is 19.0 Å². The number of nitrogens with one attached hydrogen (secondary N) is 3. The summed E-state index contributed by atoms with van der Waals surface area (Å²) in [5.74, 6) is 3.38. The van der Waals surface area contributed by atoms with E-state index < -0.39 is 0 Å². The Balaban J connectivity index is 1.00. The summed E-state index contributed by atoms with van der Waals surface area (Å²) in [7, 11) is 0. The van der Waals surface area contributed by atoms with E-state index in [2.05, 4.69) is 30.8 Å². The molecule has 206 valence electrons. The van der Waals surface area contributed by atoms with Crippen LogP contribution >= 0.6 is 0 Å². The van der Waals surface area contributed by atoms with E-state index in [1.807, 2.05) is 18.2 Å². The van der Waals surface area contributed by atoms with Gasteiger partial charge in [0.05, 0.1) is 39.6 Å². The molecule has 3 aliphatic rings. The van der Waals surface area contributed by atoms with Crippen LogP contribution in [0.5, 0.6) is 0 Å². The Morgan fingerprint density at radius 1 is 0.921 bits per heavy atom. The molecule has 1 aliphatic heterocycles. The predicted octanol–water partition coefficient (Wildman–Crippen LogP) is 2.18. The minimum atomic E-state index is -0.0968. The van der Waals surface area contributed by atoms with E-state index in [0.29, 0.717) is 82.2 Å². The number of carbonyl (C=O) groups excluding carboxylic acids is 1. The van der Waals surface area contributed by atoms with E-state index in [-0.39, 0.29) is 5.91 Å². The maximum absolute atomic E-state index is 12.0. The van der Waals surface area contributed by atoms with Crippen molar-refractivity contribution in [3.8, 4) is 0 Å². The molecule has 0 spiro atoms. The Labute approximate surface area is 224 Å². The summed E-state index contributed by atoms with van der Waals surface area (Å²) >= 11 is 0. The van der Waals surface area contributed by atoms with Gasteiger partial charge in [-0.2, -0.15) is 15.0 Å². The fraction of sp³-hybridized carbons (Fsp3) is 0.630. The molecule has 3 atom stereocenters. The van der Waals surface area contributed by atoms with E-state index >= 15 is 0 Å². The lowest BCUT2D eigenvalue weighted by Gasteiger charge is -2.28. The summed E-state index contributed by atoms with van der Waals surface area (Å²) in [6, 6.07) is 9.60. The summed E-state index contributed by atoms with van der Waals surface area (Å²) < 4.78 is 16.7. The molecule has 3 unspecified atom stereocenters. The first kappa shape index (κ1) is 26.6. The molecule has 0 radical (unpaired) electrons. The van der Waals surface area contributed by atoms with Crippen molar-refractivity contribution in [2.75, 3.05) is 81.4 Å². The molecule has 11 nitrogen and oxygen atoms in total. The van der Waals surface area contributed by atoms with Gasteiger partial charge in [0.1, 0.15) is 0 Å². The molecule has 38 heavy (non-hydrogen) atoms. The number of ether oxygens (including phenoxy) is 3. The lowest BCUT2D eigenvalue weighted by Crippen LogP contribution is -2.38. The number of rotatable bonds is 14. The van der Waals surface area contributed by atoms with Crippen LogP contribution in [0.2, 0.25) is 0 Å². The van der Waals surface area contributed by atoms with Gasteiger partial charge in [-0.1, -0.05) is 24.6 Å². The summed E-state index contributed by atoms with van der Waals surface area (Å²) in [6.07, 6.45) is 5.20. The van der Waals surface area contributed by atoms with Crippen LogP contribution in [0.25, 0.3) is 0 Å². The standard InChI is InChI=1S/C27H39N7O4/c35-24(21-4-2-1-3-5-21)28-8-12-36-16-17-37-13-9-29-25-31-26(30-23-19-20-6-7-22(23)18-20)33-27(32-25)34-10-14-38-15-11-34/h1-5,20,22-23H,6-19H2,(H,28,35)(H2,29,30,31,32,33). The first-order valence-corrected chi connectivity index (χ1v) is 13.8. The number of anilines is 3. The number of morpholine rings is 1. The number of benzene rings is 1. The molecular weight excluding hydrogens is 486 g/mol. The monoisotopic (exact) mass is 525 g/mol. The molecule has 3 N–H and O–H groups in total. The van der Waals surface area contributed by atoms with Gasteiger partial charge >= 0.3 is 0 Å².